The number of nitrogens with zero attached hydrogens (tertiary/aromatic N) is 1. The first-order chi connectivity index (χ1) is 16.6. The van der Waals surface area contributed by atoms with E-state index in [4.69, 9.17) is 16.3 Å². The third-order valence-electron chi connectivity index (χ3n) is 5.35. The maximum absolute atomic E-state index is 15.2. The van der Waals surface area contributed by atoms with Gasteiger partial charge in [-0.1, -0.05) is 29.8 Å². The van der Waals surface area contributed by atoms with Crippen molar-refractivity contribution in [1.29, 1.82) is 0 Å². The van der Waals surface area contributed by atoms with E-state index in [1.807, 2.05) is 0 Å². The van der Waals surface area contributed by atoms with E-state index in [-0.39, 0.29) is 39.5 Å². The number of thiophene rings is 1. The Kier molecular flexibility index (Phi) is 8.80. The Hall–Kier alpha value is -3.04. The van der Waals surface area contributed by atoms with Crippen LogP contribution in [0.1, 0.15) is 54.8 Å². The number of imide groups is 1. The molecule has 0 unspecified atom stereocenters. The van der Waals surface area contributed by atoms with Crippen molar-refractivity contribution in [3.05, 3.63) is 62.1 Å². The molecule has 0 spiro atoms. The highest BCUT2D eigenvalue weighted by Gasteiger charge is 2.37. The number of anilines is 1. The number of benzene rings is 1. The molecule has 1 aliphatic rings. The van der Waals surface area contributed by atoms with Gasteiger partial charge in [-0.15, -0.1) is 11.3 Å². The summed E-state index contributed by atoms with van der Waals surface area (Å²) in [4.78, 5) is 52.6. The fourth-order valence-electron chi connectivity index (χ4n) is 3.71. The van der Waals surface area contributed by atoms with Gasteiger partial charge in [-0.05, 0) is 51.7 Å². The van der Waals surface area contributed by atoms with E-state index >= 15 is 4.39 Å². The van der Waals surface area contributed by atoms with Gasteiger partial charge in [-0.2, -0.15) is 4.39 Å². The summed E-state index contributed by atoms with van der Waals surface area (Å²) in [7, 11) is 1.18. The van der Waals surface area contributed by atoms with E-state index in [1.165, 1.54) is 19.2 Å². The minimum Gasteiger partial charge on any atom is -0.469 e. The zero-order valence-electron chi connectivity index (χ0n) is 19.6. The normalized spacial score (nSPS) is 13.5. The van der Waals surface area contributed by atoms with Crippen LogP contribution in [0.15, 0.2) is 41.5 Å². The lowest BCUT2D eigenvalue weighted by Crippen LogP contribution is -2.40. The summed E-state index contributed by atoms with van der Waals surface area (Å²) in [6.45, 7) is 3.38. The van der Waals surface area contributed by atoms with Gasteiger partial charge >= 0.3 is 11.9 Å². The maximum Gasteiger partial charge on any atom is 0.334 e. The van der Waals surface area contributed by atoms with Gasteiger partial charge in [0.05, 0.1) is 24.7 Å². The van der Waals surface area contributed by atoms with Crippen LogP contribution in [0, 0.1) is 5.13 Å². The minimum atomic E-state index is -0.908. The van der Waals surface area contributed by atoms with Crippen LogP contribution in [0.2, 0.25) is 5.02 Å². The number of carbonyl (C=O) groups is 4. The molecule has 1 aliphatic carbocycles. The number of ether oxygens (including phenoxy) is 2. The van der Waals surface area contributed by atoms with Crippen molar-refractivity contribution in [3.8, 4) is 0 Å². The summed E-state index contributed by atoms with van der Waals surface area (Å²) in [6, 6.07) is 7.88. The third-order valence-corrected chi connectivity index (χ3v) is 6.84. The van der Waals surface area contributed by atoms with Crippen LogP contribution < -0.4 is 4.90 Å². The molecule has 1 aromatic heterocycles. The van der Waals surface area contributed by atoms with Gasteiger partial charge in [0.25, 0.3) is 11.8 Å². The summed E-state index contributed by atoms with van der Waals surface area (Å²) >= 11 is 6.97. The molecular weight excluding hydrogens is 497 g/mol. The van der Waals surface area contributed by atoms with E-state index < -0.39 is 40.7 Å². The molecule has 1 heterocycles. The predicted molar refractivity (Wildman–Crippen MR) is 130 cm³/mol. The largest absolute Gasteiger partial charge is 0.469 e. The Labute approximate surface area is 211 Å². The zero-order valence-corrected chi connectivity index (χ0v) is 21.1. The van der Waals surface area contributed by atoms with Crippen LogP contribution >= 0.6 is 22.9 Å². The van der Waals surface area contributed by atoms with Crippen LogP contribution in [0.25, 0.3) is 0 Å². The average Bonchev–Trinajstić information content (AvgIpc) is 3.11. The molecule has 10 heteroatoms. The smallest absolute Gasteiger partial charge is 0.334 e. The second-order valence-corrected chi connectivity index (χ2v) is 9.58. The van der Waals surface area contributed by atoms with E-state index in [0.717, 1.165) is 0 Å². The summed E-state index contributed by atoms with van der Waals surface area (Å²) in [5, 5.41) is -1.15. The molecular formula is C25H25ClFNO6S. The van der Waals surface area contributed by atoms with Crippen molar-refractivity contribution in [1.82, 2.24) is 0 Å². The number of methoxy groups -OCH3 is 1. The lowest BCUT2D eigenvalue weighted by Gasteiger charge is -2.26. The lowest BCUT2D eigenvalue weighted by atomic mass is 9.90. The van der Waals surface area contributed by atoms with Gasteiger partial charge in [0.15, 0.2) is 0 Å². The summed E-state index contributed by atoms with van der Waals surface area (Å²) < 4.78 is 25.2. The Morgan fingerprint density at radius 2 is 1.69 bits per heavy atom. The number of hydrogen-bond donors (Lipinski definition) is 0. The van der Waals surface area contributed by atoms with Crippen LogP contribution in [-0.4, -0.2) is 37.0 Å². The number of rotatable bonds is 7. The lowest BCUT2D eigenvalue weighted by molar-refractivity contribution is -0.143. The quantitative estimate of drug-likeness (QED) is 0.365. The van der Waals surface area contributed by atoms with Gasteiger partial charge in [-0.25, -0.2) is 9.69 Å². The summed E-state index contributed by atoms with van der Waals surface area (Å²) in [5.41, 5.74) is -0.0754. The van der Waals surface area contributed by atoms with Crippen LogP contribution in [0.5, 0.6) is 0 Å². The summed E-state index contributed by atoms with van der Waals surface area (Å²) in [5.74, 6) is -2.95. The van der Waals surface area contributed by atoms with Gasteiger partial charge in [0.2, 0.25) is 5.13 Å². The van der Waals surface area contributed by atoms with Gasteiger partial charge in [0.1, 0.15) is 5.69 Å². The second-order valence-electron chi connectivity index (χ2n) is 8.14. The van der Waals surface area contributed by atoms with Gasteiger partial charge in [0, 0.05) is 21.6 Å². The molecule has 2 aromatic rings. The fraction of sp³-hybridized carbons (Fsp3) is 0.360. The monoisotopic (exact) mass is 521 g/mol. The van der Waals surface area contributed by atoms with E-state index in [1.54, 1.807) is 32.0 Å². The minimum absolute atomic E-state index is 0.0855. The van der Waals surface area contributed by atoms with Crippen molar-refractivity contribution >= 4 is 52.4 Å². The first-order valence-corrected chi connectivity index (χ1v) is 12.2. The molecule has 0 saturated heterocycles. The van der Waals surface area contributed by atoms with Crippen molar-refractivity contribution in [2.45, 2.75) is 52.1 Å². The molecule has 2 amide bonds. The second kappa shape index (κ2) is 11.6. The number of halogens is 2. The summed E-state index contributed by atoms with van der Waals surface area (Å²) in [6.07, 6.45) is 1.07. The molecule has 0 bridgehead atoms. The molecule has 186 valence electrons. The molecule has 0 aliphatic heterocycles. The third kappa shape index (κ3) is 5.97. The Bertz CT molecular complexity index is 1170. The molecule has 3 rings (SSSR count). The molecule has 1 aromatic carbocycles. The van der Waals surface area contributed by atoms with Crippen molar-refractivity contribution in [2.24, 2.45) is 0 Å². The van der Waals surface area contributed by atoms with Crippen LogP contribution in [0.4, 0.5) is 10.1 Å². The molecule has 0 atom stereocenters. The van der Waals surface area contributed by atoms with E-state index in [9.17, 15) is 19.2 Å². The molecule has 0 saturated carbocycles. The van der Waals surface area contributed by atoms with Crippen LogP contribution in [-0.2, 0) is 30.3 Å². The highest BCUT2D eigenvalue weighted by molar-refractivity contribution is 7.11. The first-order valence-electron chi connectivity index (χ1n) is 11.1. The number of hydrogen-bond acceptors (Lipinski definition) is 7. The number of amides is 2. The Morgan fingerprint density at radius 1 is 1.06 bits per heavy atom. The predicted octanol–water partition coefficient (Wildman–Crippen LogP) is 5.25. The SMILES string of the molecule is COC(=O)Cc1sc(F)c(N(C(=O)C2=C(C(=O)OC(C)C)CCCC2)C(=O)c2ccccc2)c1Cl. The van der Waals surface area contributed by atoms with Crippen molar-refractivity contribution < 1.29 is 33.0 Å². The standard InChI is InChI=1S/C25H25ClFNO6S/c1-14(2)34-25(32)17-12-8-7-11-16(17)24(31)28(23(30)15-9-5-4-6-10-15)21-20(26)18(35-22(21)27)13-19(29)33-3/h4-6,9-10,14H,7-8,11-13H2,1-3H3. The fourth-order valence-corrected chi connectivity index (χ4v) is 5.00. The maximum atomic E-state index is 15.2. The topological polar surface area (TPSA) is 90.0 Å². The molecule has 0 fully saturated rings. The van der Waals surface area contributed by atoms with E-state index in [0.29, 0.717) is 35.5 Å². The van der Waals surface area contributed by atoms with Crippen LogP contribution in [0.3, 0.4) is 0 Å². The number of carbonyl (C=O) groups excluding carboxylic acids is 4. The first kappa shape index (κ1) is 26.6. The zero-order chi connectivity index (χ0) is 25.7. The molecule has 0 N–H and O–H groups in total. The highest BCUT2D eigenvalue weighted by atomic mass is 35.5. The average molecular weight is 522 g/mol. The molecule has 0 radical (unpaired) electrons. The van der Waals surface area contributed by atoms with Gasteiger partial charge in [-0.3, -0.25) is 14.4 Å². The molecule has 35 heavy (non-hydrogen) atoms. The van der Waals surface area contributed by atoms with Gasteiger partial charge < -0.3 is 9.47 Å². The molecule has 7 nitrogen and oxygen atoms in total. The Balaban J connectivity index is 2.16. The Morgan fingerprint density at radius 3 is 2.29 bits per heavy atom. The highest BCUT2D eigenvalue weighted by Crippen LogP contribution is 2.41. The van der Waals surface area contributed by atoms with E-state index in [2.05, 4.69) is 4.74 Å². The van der Waals surface area contributed by atoms with Crippen molar-refractivity contribution in [3.63, 3.8) is 0 Å². The van der Waals surface area contributed by atoms with Crippen molar-refractivity contribution in [2.75, 3.05) is 12.0 Å². The number of esters is 2.